The first-order chi connectivity index (χ1) is 15.8. The Bertz CT molecular complexity index is 1070. The molecule has 6 unspecified atom stereocenters. The Balaban J connectivity index is 1.54. The van der Waals surface area contributed by atoms with Crippen molar-refractivity contribution in [3.8, 4) is 5.88 Å². The fraction of sp³-hybridized carbons (Fsp3) is 0.667. The highest BCUT2D eigenvalue weighted by atomic mass is 31.2. The molecule has 2 N–H and O–H groups in total. The Morgan fingerprint density at radius 2 is 2.18 bits per heavy atom. The SMILES string of the molecule is CCOC(=O)OC(C)OP1(=O)OCC2OC(n3cnc4c(OC)nc(N)nc43)C(CC)C2O1. The second kappa shape index (κ2) is 9.39. The molecule has 33 heavy (non-hydrogen) atoms. The molecule has 6 atom stereocenters. The van der Waals surface area contributed by atoms with Crippen LogP contribution in [0.4, 0.5) is 10.7 Å². The van der Waals surface area contributed by atoms with E-state index in [-0.39, 0.29) is 31.0 Å². The zero-order chi connectivity index (χ0) is 23.8. The number of rotatable bonds is 7. The molecule has 0 spiro atoms. The number of phosphoric ester groups is 1. The molecule has 0 saturated carbocycles. The van der Waals surface area contributed by atoms with Gasteiger partial charge in [0.05, 0.1) is 26.7 Å². The molecule has 15 heteroatoms. The molecule has 4 heterocycles. The maximum absolute atomic E-state index is 13.1. The van der Waals surface area contributed by atoms with Crippen molar-refractivity contribution >= 4 is 31.1 Å². The van der Waals surface area contributed by atoms with Gasteiger partial charge in [0.1, 0.15) is 18.4 Å². The molecule has 0 bridgehead atoms. The fourth-order valence-electron chi connectivity index (χ4n) is 3.91. The molecule has 0 amide bonds. The van der Waals surface area contributed by atoms with Crippen molar-refractivity contribution in [2.24, 2.45) is 5.92 Å². The van der Waals surface area contributed by atoms with Crippen LogP contribution < -0.4 is 10.5 Å². The van der Waals surface area contributed by atoms with Gasteiger partial charge in [0.15, 0.2) is 11.2 Å². The molecule has 2 aliphatic rings. The summed E-state index contributed by atoms with van der Waals surface area (Å²) in [5, 5.41) is 0. The summed E-state index contributed by atoms with van der Waals surface area (Å²) in [5.74, 6) is 0.0158. The lowest BCUT2D eigenvalue weighted by molar-refractivity contribution is -0.105. The zero-order valence-corrected chi connectivity index (χ0v) is 19.5. The van der Waals surface area contributed by atoms with Crippen molar-refractivity contribution in [1.82, 2.24) is 19.5 Å². The number of fused-ring (bicyclic) bond motifs is 2. The summed E-state index contributed by atoms with van der Waals surface area (Å²) in [7, 11) is -2.58. The van der Waals surface area contributed by atoms with Crippen LogP contribution >= 0.6 is 7.82 Å². The van der Waals surface area contributed by atoms with Crippen LogP contribution in [0.1, 0.15) is 33.4 Å². The van der Waals surface area contributed by atoms with Crippen LogP contribution in [0.2, 0.25) is 0 Å². The third kappa shape index (κ3) is 4.62. The van der Waals surface area contributed by atoms with Crippen molar-refractivity contribution in [3.05, 3.63) is 6.33 Å². The van der Waals surface area contributed by atoms with Gasteiger partial charge in [0, 0.05) is 5.92 Å². The topological polar surface area (TPSA) is 168 Å². The number of imidazole rings is 1. The average molecular weight is 487 g/mol. The van der Waals surface area contributed by atoms with Gasteiger partial charge < -0.3 is 24.7 Å². The van der Waals surface area contributed by atoms with Crippen LogP contribution in [-0.2, 0) is 32.3 Å². The first-order valence-corrected chi connectivity index (χ1v) is 11.9. The number of nitrogens with zero attached hydrogens (tertiary/aromatic N) is 4. The van der Waals surface area contributed by atoms with E-state index in [2.05, 4.69) is 19.7 Å². The van der Waals surface area contributed by atoms with Gasteiger partial charge in [-0.2, -0.15) is 9.97 Å². The molecule has 182 valence electrons. The number of ether oxygens (including phenoxy) is 4. The number of carbonyl (C=O) groups excluding carboxylic acids is 1. The molecule has 2 aromatic heterocycles. The summed E-state index contributed by atoms with van der Waals surface area (Å²) in [6.07, 6.45) is -1.70. The molecule has 14 nitrogen and oxygen atoms in total. The molecule has 4 rings (SSSR count). The van der Waals surface area contributed by atoms with Gasteiger partial charge in [0.2, 0.25) is 18.1 Å². The largest absolute Gasteiger partial charge is 0.510 e. The smallest absolute Gasteiger partial charge is 0.479 e. The number of aromatic nitrogens is 4. The molecule has 2 saturated heterocycles. The van der Waals surface area contributed by atoms with Crippen LogP contribution in [0.5, 0.6) is 5.88 Å². The van der Waals surface area contributed by atoms with Crippen LogP contribution in [0, 0.1) is 5.92 Å². The lowest BCUT2D eigenvalue weighted by Gasteiger charge is -2.32. The van der Waals surface area contributed by atoms with Gasteiger partial charge in [0.25, 0.3) is 0 Å². The summed E-state index contributed by atoms with van der Waals surface area (Å²) in [6.45, 7) is 5.04. The third-order valence-electron chi connectivity index (χ3n) is 5.26. The predicted molar refractivity (Wildman–Crippen MR) is 111 cm³/mol. The zero-order valence-electron chi connectivity index (χ0n) is 18.6. The second-order valence-electron chi connectivity index (χ2n) is 7.34. The number of nitrogens with two attached hydrogens (primary N) is 1. The second-order valence-corrected chi connectivity index (χ2v) is 8.91. The summed E-state index contributed by atoms with van der Waals surface area (Å²) in [4.78, 5) is 24.1. The molecule has 2 aliphatic heterocycles. The monoisotopic (exact) mass is 487 g/mol. The summed E-state index contributed by atoms with van der Waals surface area (Å²) in [6, 6.07) is 0. The van der Waals surface area contributed by atoms with E-state index in [9.17, 15) is 9.36 Å². The number of hydrogen-bond donors (Lipinski definition) is 1. The fourth-order valence-corrected chi connectivity index (χ4v) is 5.40. The number of nitrogen functional groups attached to an aromatic ring is 1. The van der Waals surface area contributed by atoms with Gasteiger partial charge in [-0.15, -0.1) is 0 Å². The van der Waals surface area contributed by atoms with Crippen molar-refractivity contribution in [1.29, 1.82) is 0 Å². The summed E-state index contributed by atoms with van der Waals surface area (Å²) in [5.41, 5.74) is 6.68. The first kappa shape index (κ1) is 23.6. The number of phosphoric acid groups is 1. The lowest BCUT2D eigenvalue weighted by atomic mass is 9.97. The van der Waals surface area contributed by atoms with Gasteiger partial charge in [-0.3, -0.25) is 13.6 Å². The van der Waals surface area contributed by atoms with Gasteiger partial charge in [-0.1, -0.05) is 6.92 Å². The number of methoxy groups -OCH3 is 1. The maximum atomic E-state index is 13.1. The van der Waals surface area contributed by atoms with E-state index in [0.29, 0.717) is 17.6 Å². The highest BCUT2D eigenvalue weighted by molar-refractivity contribution is 7.48. The van der Waals surface area contributed by atoms with E-state index in [1.165, 1.54) is 14.0 Å². The molecule has 2 fully saturated rings. The van der Waals surface area contributed by atoms with E-state index in [1.54, 1.807) is 17.8 Å². The minimum atomic E-state index is -4.04. The number of hydrogen-bond acceptors (Lipinski definition) is 13. The Labute approximate surface area is 189 Å². The van der Waals surface area contributed by atoms with E-state index in [0.717, 1.165) is 0 Å². The molecule has 0 radical (unpaired) electrons. The Hall–Kier alpha value is -2.51. The van der Waals surface area contributed by atoms with Crippen molar-refractivity contribution in [2.75, 3.05) is 26.1 Å². The lowest BCUT2D eigenvalue weighted by Crippen LogP contribution is -2.37. The van der Waals surface area contributed by atoms with Gasteiger partial charge >= 0.3 is 14.0 Å². The van der Waals surface area contributed by atoms with E-state index in [4.69, 9.17) is 33.5 Å². The normalized spacial score (nSPS) is 30.1. The molecule has 2 aromatic rings. The Morgan fingerprint density at radius 3 is 2.88 bits per heavy atom. The van der Waals surface area contributed by atoms with E-state index < -0.39 is 38.7 Å². The predicted octanol–water partition coefficient (Wildman–Crippen LogP) is 2.40. The number of carbonyl (C=O) groups is 1. The van der Waals surface area contributed by atoms with Gasteiger partial charge in [-0.25, -0.2) is 18.9 Å². The quantitative estimate of drug-likeness (QED) is 0.343. The van der Waals surface area contributed by atoms with Crippen molar-refractivity contribution in [2.45, 2.75) is 51.9 Å². The summed E-state index contributed by atoms with van der Waals surface area (Å²) >= 11 is 0. The highest BCUT2D eigenvalue weighted by Crippen LogP contribution is 2.59. The summed E-state index contributed by atoms with van der Waals surface area (Å²) < 4.78 is 52.2. The minimum absolute atomic E-state index is 0.0256. The number of anilines is 1. The van der Waals surface area contributed by atoms with Crippen molar-refractivity contribution in [3.63, 3.8) is 0 Å². The minimum Gasteiger partial charge on any atom is -0.479 e. The molecule has 0 aliphatic carbocycles. The maximum Gasteiger partial charge on any atom is 0.510 e. The molecular formula is C18H26N5O9P. The standard InChI is InChI=1S/C18H26N5O9P/c1-5-10-13-11(7-28-33(25,32-13)31-9(3)29-18(24)27-6-2)30-16(10)23-8-20-12-14(23)21-17(19)22-15(12)26-4/h8-11,13,16H,5-7H2,1-4H3,(H2,19,21,22). The van der Waals surface area contributed by atoms with Crippen LogP contribution in [-0.4, -0.2) is 64.5 Å². The average Bonchev–Trinajstić information content (AvgIpc) is 3.32. The Kier molecular flexibility index (Phi) is 6.73. The van der Waals surface area contributed by atoms with Gasteiger partial charge in [-0.05, 0) is 20.3 Å². The highest BCUT2D eigenvalue weighted by Gasteiger charge is 2.53. The van der Waals surface area contributed by atoms with Crippen LogP contribution in [0.25, 0.3) is 11.2 Å². The first-order valence-electron chi connectivity index (χ1n) is 10.4. The van der Waals surface area contributed by atoms with E-state index >= 15 is 0 Å². The van der Waals surface area contributed by atoms with E-state index in [1.807, 2.05) is 6.92 Å². The Morgan fingerprint density at radius 1 is 1.39 bits per heavy atom. The third-order valence-corrected chi connectivity index (χ3v) is 6.79. The van der Waals surface area contributed by atoms with Crippen molar-refractivity contribution < 1.29 is 41.9 Å². The van der Waals surface area contributed by atoms with Crippen LogP contribution in [0.15, 0.2) is 6.33 Å². The van der Waals surface area contributed by atoms with Crippen LogP contribution in [0.3, 0.4) is 0 Å². The molecule has 0 aromatic carbocycles. The molecular weight excluding hydrogens is 461 g/mol.